The van der Waals surface area contributed by atoms with E-state index < -0.39 is 26.2 Å². The average molecular weight is 917 g/mol. The number of aryl methyl sites for hydroxylation is 16. The molecule has 0 spiro atoms. The van der Waals surface area contributed by atoms with Gasteiger partial charge in [-0.05, 0) is 111 Å². The Kier molecular flexibility index (Phi) is 20.2. The van der Waals surface area contributed by atoms with Crippen LogP contribution in [0.15, 0.2) is 146 Å². The first-order chi connectivity index (χ1) is 31.2. The molecule has 0 aromatic heterocycles. The van der Waals surface area contributed by atoms with Crippen LogP contribution in [0.5, 0.6) is 0 Å². The average Bonchev–Trinajstić information content (AvgIpc) is 3.19. The van der Waals surface area contributed by atoms with Crippen LogP contribution in [-0.2, 0) is 0 Å². The van der Waals surface area contributed by atoms with Crippen LogP contribution in [-0.4, -0.2) is 26.2 Å². The number of hydrogen-bond acceptors (Lipinski definition) is 0. The zero-order chi connectivity index (χ0) is 47.8. The number of hydrogen-bond donors (Lipinski definition) is 0. The predicted molar refractivity (Wildman–Crippen MR) is 297 cm³/mol. The summed E-state index contributed by atoms with van der Waals surface area (Å²) in [7, 11) is 0. The SMILES string of the molecule is Cc1cc(C)c[c]([Al-]([c]2cc(C)cc(C)c2)([c]2cc(C)cc(C)c2)[c]2cc(C)cc(C)c2)c1.Cc1cc[c]([Al-]([c]2ccc(C)cc2C)([c]2ccc(C)cc2C)[c]2ccc(C)cc2C)c(C)c1.[H-].[Li+].[Li+].[Li+]. The predicted octanol–water partition coefficient (Wildman–Crippen LogP) is 2.19. The summed E-state index contributed by atoms with van der Waals surface area (Å²) in [6.45, 7) is 36.0. The largest absolute Gasteiger partial charge is 1.00 e. The fourth-order valence-corrected chi connectivity index (χ4v) is 25.5. The van der Waals surface area contributed by atoms with Gasteiger partial charge in [0.25, 0.3) is 26.2 Å². The first-order valence-electron chi connectivity index (χ1n) is 24.2. The van der Waals surface area contributed by atoms with Gasteiger partial charge < -0.3 is 1.43 Å². The Balaban J connectivity index is 0.000000350. The maximum Gasteiger partial charge on any atom is 1.00 e. The summed E-state index contributed by atoms with van der Waals surface area (Å²) in [5, 5.41) is 0. The molecule has 0 fully saturated rings. The second-order valence-corrected chi connectivity index (χ2v) is 29.5. The second kappa shape index (κ2) is 23.9. The van der Waals surface area contributed by atoms with E-state index in [1.165, 1.54) is 124 Å². The van der Waals surface area contributed by atoms with Crippen LogP contribution in [0.3, 0.4) is 0 Å². The fraction of sp³-hybridized carbons (Fsp3) is 0.250. The molecule has 0 heterocycles. The van der Waals surface area contributed by atoms with E-state index in [0.717, 1.165) is 0 Å². The number of rotatable bonds is 8. The molecule has 0 amide bonds. The molecule has 0 radical (unpaired) electrons. The Morgan fingerprint density at radius 2 is 0.377 bits per heavy atom. The Labute approximate surface area is 460 Å². The van der Waals surface area contributed by atoms with Crippen molar-refractivity contribution in [3.05, 3.63) is 235 Å². The van der Waals surface area contributed by atoms with Crippen molar-refractivity contribution in [1.82, 2.24) is 0 Å². The third-order valence-electron chi connectivity index (χ3n) is 14.5. The van der Waals surface area contributed by atoms with E-state index >= 15 is 0 Å². The van der Waals surface area contributed by atoms with Crippen molar-refractivity contribution in [2.75, 3.05) is 0 Å². The maximum atomic E-state index is 2.46. The molecule has 0 aliphatic heterocycles. The van der Waals surface area contributed by atoms with Gasteiger partial charge in [0.05, 0.1) is 0 Å². The minimum atomic E-state index is -3.00. The van der Waals surface area contributed by atoms with Crippen molar-refractivity contribution in [3.8, 4) is 0 Å². The van der Waals surface area contributed by atoms with E-state index in [-0.39, 0.29) is 58.0 Å². The first-order valence-corrected chi connectivity index (χ1v) is 28.8. The molecular weight excluding hydrogens is 843 g/mol. The fourth-order valence-electron chi connectivity index (χ4n) is 12.4. The summed E-state index contributed by atoms with van der Waals surface area (Å²) in [5.74, 6) is 0. The van der Waals surface area contributed by atoms with Gasteiger partial charge in [-0.2, -0.15) is 0 Å². The molecule has 0 nitrogen and oxygen atoms in total. The molecule has 8 rings (SSSR count). The van der Waals surface area contributed by atoms with E-state index in [9.17, 15) is 0 Å². The van der Waals surface area contributed by atoms with Gasteiger partial charge in [0.15, 0.2) is 0 Å². The molecule has 0 N–H and O–H groups in total. The van der Waals surface area contributed by atoms with Crippen LogP contribution in [0.4, 0.5) is 0 Å². The van der Waals surface area contributed by atoms with Crippen LogP contribution in [0, 0.1) is 111 Å². The van der Waals surface area contributed by atoms with Gasteiger partial charge in [0, 0.05) is 0 Å². The summed E-state index contributed by atoms with van der Waals surface area (Å²) in [4.78, 5) is 0. The smallest absolute Gasteiger partial charge is 1.00 e. The second-order valence-electron chi connectivity index (χ2n) is 20.9. The monoisotopic (exact) mass is 917 g/mol. The van der Waals surface area contributed by atoms with Gasteiger partial charge >= 0.3 is 56.6 Å². The van der Waals surface area contributed by atoms with Gasteiger partial charge in [0.2, 0.25) is 0 Å². The van der Waals surface area contributed by atoms with E-state index in [1.54, 1.807) is 0 Å². The van der Waals surface area contributed by atoms with E-state index in [0.29, 0.717) is 0 Å². The van der Waals surface area contributed by atoms with Crippen LogP contribution in [0.25, 0.3) is 0 Å². The van der Waals surface area contributed by atoms with Crippen molar-refractivity contribution in [2.24, 2.45) is 0 Å². The van der Waals surface area contributed by atoms with Crippen molar-refractivity contribution >= 4 is 61.6 Å². The Hall–Kier alpha value is -3.38. The van der Waals surface area contributed by atoms with Crippen molar-refractivity contribution in [2.45, 2.75) is 111 Å². The maximum absolute atomic E-state index is 3.00. The molecule has 338 valence electrons. The molecule has 8 aromatic rings. The third-order valence-corrected chi connectivity index (χ3v) is 26.2. The summed E-state index contributed by atoms with van der Waals surface area (Å²) in [6.07, 6.45) is 0. The van der Waals surface area contributed by atoms with Gasteiger partial charge in [0.1, 0.15) is 0 Å². The van der Waals surface area contributed by atoms with Gasteiger partial charge in [-0.15, -0.1) is 72.8 Å². The minimum absolute atomic E-state index is 0. The molecule has 0 saturated heterocycles. The first kappa shape index (κ1) is 58.2. The summed E-state index contributed by atoms with van der Waals surface area (Å²) in [6, 6.07) is 57.4. The molecular formula is C64H73Al2Li3. The van der Waals surface area contributed by atoms with Gasteiger partial charge in [-0.25, -0.2) is 35.4 Å². The topological polar surface area (TPSA) is 0 Å². The molecule has 0 aliphatic rings. The zero-order valence-electron chi connectivity index (χ0n) is 47.0. The van der Waals surface area contributed by atoms with Crippen molar-refractivity contribution < 1.29 is 58.0 Å². The minimum Gasteiger partial charge on any atom is -1.00 e. The van der Waals surface area contributed by atoms with Crippen LogP contribution in [0.1, 0.15) is 90.4 Å². The van der Waals surface area contributed by atoms with Crippen LogP contribution < -0.4 is 92.0 Å². The molecule has 0 saturated carbocycles. The molecule has 5 heteroatoms. The van der Waals surface area contributed by atoms with Crippen LogP contribution >= 0.6 is 0 Å². The quantitative estimate of drug-likeness (QED) is 0.206. The summed E-state index contributed by atoms with van der Waals surface area (Å²) in [5.41, 5.74) is 21.6. The summed E-state index contributed by atoms with van der Waals surface area (Å²) < 4.78 is 12.1. The van der Waals surface area contributed by atoms with Gasteiger partial charge in [-0.1, -0.05) is 162 Å². The molecule has 0 aliphatic carbocycles. The summed E-state index contributed by atoms with van der Waals surface area (Å²) >= 11 is -5.99. The molecule has 0 bridgehead atoms. The molecule has 0 unspecified atom stereocenters. The zero-order valence-corrected chi connectivity index (χ0v) is 48.3. The Morgan fingerprint density at radius 3 is 0.536 bits per heavy atom. The molecule has 8 aromatic carbocycles. The van der Waals surface area contributed by atoms with Crippen LogP contribution in [0.2, 0.25) is 0 Å². The van der Waals surface area contributed by atoms with Gasteiger partial charge in [-0.3, -0.25) is 0 Å². The number of benzene rings is 8. The molecule has 0 atom stereocenters. The standard InChI is InChI=1S/8C8H9.2Al.3Li.H/c8*1-7-4-3-5-8(2)6-7;;;;;;/h4*4-6H,1-2H3;4*3-4,6H,1-2H3;;;;;;/q;;;;;;;;2*-1;3*+1;-1. The van der Waals surface area contributed by atoms with E-state index in [4.69, 9.17) is 0 Å². The van der Waals surface area contributed by atoms with E-state index in [1.807, 2.05) is 0 Å². The van der Waals surface area contributed by atoms with E-state index in [2.05, 4.69) is 256 Å². The third kappa shape index (κ3) is 12.1. The molecule has 69 heavy (non-hydrogen) atoms. The normalized spacial score (nSPS) is 11.1. The van der Waals surface area contributed by atoms with Crippen molar-refractivity contribution in [1.29, 1.82) is 0 Å². The Morgan fingerprint density at radius 1 is 0.203 bits per heavy atom. The Bertz CT molecular complexity index is 2630. The van der Waals surface area contributed by atoms with Crippen molar-refractivity contribution in [3.63, 3.8) is 0 Å².